The Morgan fingerprint density at radius 3 is 2.62 bits per heavy atom. The van der Waals surface area contributed by atoms with Gasteiger partial charge in [0.1, 0.15) is 0 Å². The first-order valence-electron chi connectivity index (χ1n) is 5.20. The Hall–Kier alpha value is -0.810. The summed E-state index contributed by atoms with van der Waals surface area (Å²) in [5, 5.41) is 19.1. The fourth-order valence-corrected chi connectivity index (χ4v) is 2.47. The van der Waals surface area contributed by atoms with Crippen LogP contribution in [-0.2, 0) is 0 Å². The van der Waals surface area contributed by atoms with Gasteiger partial charge in [0.15, 0.2) is 5.60 Å². The summed E-state index contributed by atoms with van der Waals surface area (Å²) in [5.41, 5.74) is -2.28. The molecule has 5 heteroatoms. The van der Waals surface area contributed by atoms with E-state index >= 15 is 0 Å². The number of aliphatic hydroxyl groups excluding tert-OH is 1. The summed E-state index contributed by atoms with van der Waals surface area (Å²) in [6, 6.07) is 0. The molecule has 0 aromatic heterocycles. The number of allylic oxidation sites excluding steroid dienone is 2. The van der Waals surface area contributed by atoms with E-state index in [9.17, 15) is 23.4 Å². The second-order valence-corrected chi connectivity index (χ2v) is 4.41. The van der Waals surface area contributed by atoms with Crippen molar-refractivity contribution < 1.29 is 23.4 Å². The predicted octanol–water partition coefficient (Wildman–Crippen LogP) is 1.94. The summed E-state index contributed by atoms with van der Waals surface area (Å²) in [6.07, 6.45) is -1.000. The van der Waals surface area contributed by atoms with Crippen LogP contribution in [0, 0.1) is 5.92 Å². The van der Waals surface area contributed by atoms with Crippen molar-refractivity contribution in [3.05, 3.63) is 23.8 Å². The van der Waals surface area contributed by atoms with Crippen LogP contribution in [0.15, 0.2) is 23.8 Å². The van der Waals surface area contributed by atoms with E-state index in [1.165, 1.54) is 6.08 Å². The van der Waals surface area contributed by atoms with Gasteiger partial charge in [0, 0.05) is 5.92 Å². The van der Waals surface area contributed by atoms with Gasteiger partial charge in [0.2, 0.25) is 0 Å². The molecule has 2 nitrogen and oxygen atoms in total. The lowest BCUT2D eigenvalue weighted by Gasteiger charge is -2.41. The first-order valence-corrected chi connectivity index (χ1v) is 5.20. The van der Waals surface area contributed by atoms with Gasteiger partial charge in [-0.25, -0.2) is 0 Å². The van der Waals surface area contributed by atoms with Gasteiger partial charge in [-0.3, -0.25) is 0 Å². The van der Waals surface area contributed by atoms with Crippen molar-refractivity contribution in [1.29, 1.82) is 0 Å². The first kappa shape index (κ1) is 11.7. The molecule has 1 fully saturated rings. The van der Waals surface area contributed by atoms with E-state index in [0.29, 0.717) is 12.0 Å². The van der Waals surface area contributed by atoms with Gasteiger partial charge in [0.25, 0.3) is 0 Å². The quantitative estimate of drug-likeness (QED) is 0.672. The third kappa shape index (κ3) is 1.68. The maximum absolute atomic E-state index is 12.8. The molecule has 0 bridgehead atoms. The van der Waals surface area contributed by atoms with Gasteiger partial charge in [-0.1, -0.05) is 17.7 Å². The van der Waals surface area contributed by atoms with Gasteiger partial charge in [-0.15, -0.1) is 0 Å². The number of aliphatic hydroxyl groups is 2. The van der Waals surface area contributed by atoms with Crippen molar-refractivity contribution in [2.75, 3.05) is 0 Å². The van der Waals surface area contributed by atoms with Crippen molar-refractivity contribution in [2.24, 2.45) is 5.92 Å². The number of hydrogen-bond donors (Lipinski definition) is 2. The molecule has 90 valence electrons. The minimum Gasteiger partial charge on any atom is -0.393 e. The molecule has 2 N–H and O–H groups in total. The molecule has 3 unspecified atom stereocenters. The summed E-state index contributed by atoms with van der Waals surface area (Å²) in [6.45, 7) is 0. The van der Waals surface area contributed by atoms with Crippen molar-refractivity contribution in [3.63, 3.8) is 0 Å². The molecule has 0 aliphatic heterocycles. The lowest BCUT2D eigenvalue weighted by Crippen LogP contribution is -2.52. The van der Waals surface area contributed by atoms with Crippen LogP contribution in [0.2, 0.25) is 0 Å². The Labute approximate surface area is 91.1 Å². The van der Waals surface area contributed by atoms with Gasteiger partial charge in [-0.05, 0) is 25.3 Å². The molecule has 2 aliphatic rings. The molecule has 2 rings (SSSR count). The number of alkyl halides is 3. The van der Waals surface area contributed by atoms with E-state index in [2.05, 4.69) is 0 Å². The summed E-state index contributed by atoms with van der Waals surface area (Å²) >= 11 is 0. The fourth-order valence-electron chi connectivity index (χ4n) is 2.47. The maximum Gasteiger partial charge on any atom is 0.421 e. The topological polar surface area (TPSA) is 40.5 Å². The zero-order chi connectivity index (χ0) is 12.0. The first-order chi connectivity index (χ1) is 7.34. The Kier molecular flexibility index (Phi) is 2.62. The molecule has 0 amide bonds. The largest absolute Gasteiger partial charge is 0.421 e. The summed E-state index contributed by atoms with van der Waals surface area (Å²) < 4.78 is 38.4. The average molecular weight is 234 g/mol. The number of hydrogen-bond acceptors (Lipinski definition) is 2. The molecule has 0 saturated heterocycles. The van der Waals surface area contributed by atoms with Gasteiger partial charge >= 0.3 is 6.18 Å². The van der Waals surface area contributed by atoms with Crippen LogP contribution in [0.3, 0.4) is 0 Å². The van der Waals surface area contributed by atoms with Crippen LogP contribution < -0.4 is 0 Å². The van der Waals surface area contributed by atoms with E-state index in [-0.39, 0.29) is 12.8 Å². The average Bonchev–Trinajstić information content (AvgIpc) is 2.15. The van der Waals surface area contributed by atoms with Crippen molar-refractivity contribution in [3.8, 4) is 0 Å². The van der Waals surface area contributed by atoms with Crippen LogP contribution in [-0.4, -0.2) is 28.1 Å². The van der Waals surface area contributed by atoms with Crippen LogP contribution in [0.5, 0.6) is 0 Å². The molecule has 2 aliphatic carbocycles. The number of halogens is 3. The molecule has 3 atom stereocenters. The van der Waals surface area contributed by atoms with E-state index in [1.54, 1.807) is 6.08 Å². The number of fused-ring (bicyclic) bond motifs is 1. The van der Waals surface area contributed by atoms with E-state index in [1.807, 2.05) is 0 Å². The summed E-state index contributed by atoms with van der Waals surface area (Å²) in [7, 11) is 0. The molecular formula is C11H13F3O2. The third-order valence-electron chi connectivity index (χ3n) is 3.35. The highest BCUT2D eigenvalue weighted by molar-refractivity contribution is 5.32. The molecule has 1 saturated carbocycles. The Morgan fingerprint density at radius 1 is 1.31 bits per heavy atom. The summed E-state index contributed by atoms with van der Waals surface area (Å²) in [5.74, 6) is -0.944. The standard InChI is InChI=1S/C11H13F3O2/c12-11(13,14)10(16)5-1-2-7-6-8(15)3-4-9(7)10/h1-2,5,8-9,15-16H,3-4,6H2. The Bertz CT molecular complexity index is 346. The normalized spacial score (nSPS) is 39.2. The van der Waals surface area contributed by atoms with Crippen LogP contribution >= 0.6 is 0 Å². The second kappa shape index (κ2) is 3.60. The molecular weight excluding hydrogens is 221 g/mol. The highest BCUT2D eigenvalue weighted by Gasteiger charge is 2.58. The van der Waals surface area contributed by atoms with Gasteiger partial charge in [0.05, 0.1) is 6.10 Å². The Balaban J connectivity index is 2.33. The van der Waals surface area contributed by atoms with Gasteiger partial charge < -0.3 is 10.2 Å². The highest BCUT2D eigenvalue weighted by atomic mass is 19.4. The van der Waals surface area contributed by atoms with Crippen LogP contribution in [0.1, 0.15) is 19.3 Å². The molecule has 0 heterocycles. The zero-order valence-corrected chi connectivity index (χ0v) is 8.54. The van der Waals surface area contributed by atoms with Crippen molar-refractivity contribution in [2.45, 2.75) is 37.1 Å². The smallest absolute Gasteiger partial charge is 0.393 e. The van der Waals surface area contributed by atoms with Crippen molar-refractivity contribution >= 4 is 0 Å². The lowest BCUT2D eigenvalue weighted by molar-refractivity contribution is -0.257. The Morgan fingerprint density at radius 2 is 2.00 bits per heavy atom. The van der Waals surface area contributed by atoms with Crippen LogP contribution in [0.4, 0.5) is 13.2 Å². The zero-order valence-electron chi connectivity index (χ0n) is 8.54. The van der Waals surface area contributed by atoms with E-state index < -0.39 is 23.8 Å². The summed E-state index contributed by atoms with van der Waals surface area (Å²) in [4.78, 5) is 0. The monoisotopic (exact) mass is 234 g/mol. The van der Waals surface area contributed by atoms with Crippen molar-refractivity contribution in [1.82, 2.24) is 0 Å². The molecule has 0 aromatic carbocycles. The predicted molar refractivity (Wildman–Crippen MR) is 51.6 cm³/mol. The third-order valence-corrected chi connectivity index (χ3v) is 3.35. The fraction of sp³-hybridized carbons (Fsp3) is 0.636. The minimum absolute atomic E-state index is 0.160. The maximum atomic E-state index is 12.8. The molecule has 16 heavy (non-hydrogen) atoms. The second-order valence-electron chi connectivity index (χ2n) is 4.41. The van der Waals surface area contributed by atoms with E-state index in [0.717, 1.165) is 6.08 Å². The molecule has 0 spiro atoms. The van der Waals surface area contributed by atoms with Gasteiger partial charge in [-0.2, -0.15) is 13.2 Å². The van der Waals surface area contributed by atoms with E-state index in [4.69, 9.17) is 0 Å². The number of rotatable bonds is 0. The molecule has 0 aromatic rings. The lowest BCUT2D eigenvalue weighted by atomic mass is 9.70. The van der Waals surface area contributed by atoms with Crippen LogP contribution in [0.25, 0.3) is 0 Å². The SMILES string of the molecule is OC1CCC2C(=CC=CC2(O)C(F)(F)F)C1. The molecule has 0 radical (unpaired) electrons. The minimum atomic E-state index is -4.67. The highest BCUT2D eigenvalue weighted by Crippen LogP contribution is 2.47.